The number of nitrogens with zero attached hydrogens (tertiary/aromatic N) is 2. The Balaban J connectivity index is 0.00000364. The van der Waals surface area contributed by atoms with Crippen LogP contribution in [0.25, 0.3) is 0 Å². The third kappa shape index (κ3) is 7.07. The molecule has 6 heteroatoms. The van der Waals surface area contributed by atoms with E-state index >= 15 is 0 Å². The predicted octanol–water partition coefficient (Wildman–Crippen LogP) is 2.69. The van der Waals surface area contributed by atoms with Gasteiger partial charge in [0.2, 0.25) is 5.91 Å². The third-order valence-corrected chi connectivity index (χ3v) is 5.77. The maximum atomic E-state index is 12.4. The van der Waals surface area contributed by atoms with E-state index in [9.17, 15) is 9.90 Å². The summed E-state index contributed by atoms with van der Waals surface area (Å²) in [5.41, 5.74) is 7.05. The van der Waals surface area contributed by atoms with Crippen LogP contribution in [-0.4, -0.2) is 60.1 Å². The highest BCUT2D eigenvalue weighted by molar-refractivity contribution is 5.85. The van der Waals surface area contributed by atoms with Crippen LogP contribution in [0.4, 0.5) is 0 Å². The molecule has 1 aliphatic heterocycles. The zero-order valence-electron chi connectivity index (χ0n) is 16.9. The molecule has 1 amide bonds. The number of likely N-dealkylation sites (tertiary alicyclic amines) is 1. The highest BCUT2D eigenvalue weighted by atomic mass is 35.5. The minimum Gasteiger partial charge on any atom is -0.387 e. The van der Waals surface area contributed by atoms with Crippen LogP contribution in [-0.2, 0) is 4.79 Å². The number of nitrogens with two attached hydrogens (primary N) is 1. The molecule has 0 aliphatic carbocycles. The van der Waals surface area contributed by atoms with E-state index in [1.54, 1.807) is 0 Å². The summed E-state index contributed by atoms with van der Waals surface area (Å²) >= 11 is 0. The summed E-state index contributed by atoms with van der Waals surface area (Å²) in [4.78, 5) is 16.6. The fourth-order valence-electron chi connectivity index (χ4n) is 3.61. The number of benzene rings is 1. The quantitative estimate of drug-likeness (QED) is 0.707. The van der Waals surface area contributed by atoms with E-state index in [4.69, 9.17) is 5.73 Å². The molecule has 0 spiro atoms. The molecule has 0 radical (unpaired) electrons. The lowest BCUT2D eigenvalue weighted by Crippen LogP contribution is -2.48. The van der Waals surface area contributed by atoms with Gasteiger partial charge in [0.1, 0.15) is 0 Å². The molecule has 27 heavy (non-hydrogen) atoms. The second kappa shape index (κ2) is 11.6. The highest BCUT2D eigenvalue weighted by Gasteiger charge is 2.27. The van der Waals surface area contributed by atoms with Crippen LogP contribution < -0.4 is 5.73 Å². The number of carbonyl (C=O) groups excluding carboxylic acids is 1. The molecule has 5 nitrogen and oxygen atoms in total. The van der Waals surface area contributed by atoms with Crippen molar-refractivity contribution in [3.8, 4) is 0 Å². The number of aliphatic hydroxyl groups excluding tert-OH is 1. The molecule has 154 valence electrons. The van der Waals surface area contributed by atoms with Crippen molar-refractivity contribution >= 4 is 18.3 Å². The molecule has 1 fully saturated rings. The number of hydrogen-bond donors (Lipinski definition) is 2. The smallest absolute Gasteiger partial charge is 0.239 e. The normalized spacial score (nSPS) is 19.0. The van der Waals surface area contributed by atoms with Crippen LogP contribution in [0.1, 0.15) is 44.8 Å². The molecule has 1 aromatic carbocycles. The average Bonchev–Trinajstić information content (AvgIpc) is 2.68. The van der Waals surface area contributed by atoms with Gasteiger partial charge in [-0.3, -0.25) is 4.79 Å². The van der Waals surface area contributed by atoms with Gasteiger partial charge in [-0.05, 0) is 43.3 Å². The van der Waals surface area contributed by atoms with E-state index in [0.29, 0.717) is 12.5 Å². The fourth-order valence-corrected chi connectivity index (χ4v) is 3.61. The average molecular weight is 398 g/mol. The first-order valence-electron chi connectivity index (χ1n) is 9.88. The van der Waals surface area contributed by atoms with Crippen LogP contribution in [0.3, 0.4) is 0 Å². The summed E-state index contributed by atoms with van der Waals surface area (Å²) in [7, 11) is 1.87. The van der Waals surface area contributed by atoms with Gasteiger partial charge < -0.3 is 20.6 Å². The largest absolute Gasteiger partial charge is 0.387 e. The van der Waals surface area contributed by atoms with Gasteiger partial charge in [-0.1, -0.05) is 50.6 Å². The zero-order valence-corrected chi connectivity index (χ0v) is 17.7. The van der Waals surface area contributed by atoms with Crippen molar-refractivity contribution in [1.29, 1.82) is 0 Å². The number of halogens is 1. The van der Waals surface area contributed by atoms with E-state index in [1.807, 2.05) is 49.2 Å². The molecule has 3 atom stereocenters. The number of β-amino-alcohol motifs (C(OH)–C–C–N with tert-alkyl or cyclic N) is 1. The van der Waals surface area contributed by atoms with Crippen LogP contribution in [0.2, 0.25) is 0 Å². The molecule has 1 saturated heterocycles. The molecule has 2 rings (SSSR count). The Morgan fingerprint density at radius 2 is 1.89 bits per heavy atom. The van der Waals surface area contributed by atoms with Crippen molar-refractivity contribution in [3.05, 3.63) is 35.9 Å². The molecule has 0 aromatic heterocycles. The van der Waals surface area contributed by atoms with Crippen molar-refractivity contribution in [1.82, 2.24) is 9.80 Å². The van der Waals surface area contributed by atoms with Crippen molar-refractivity contribution in [2.75, 3.05) is 33.2 Å². The van der Waals surface area contributed by atoms with E-state index in [2.05, 4.69) is 11.8 Å². The molecule has 1 aliphatic rings. The molecule has 0 bridgehead atoms. The Hall–Kier alpha value is -1.14. The minimum atomic E-state index is -0.439. The number of piperidine rings is 1. The number of aliphatic hydroxyl groups is 1. The molecule has 3 N–H and O–H groups in total. The number of hydrogen-bond acceptors (Lipinski definition) is 4. The number of likely N-dealkylation sites (N-methyl/N-ethyl adjacent to an activating group) is 1. The van der Waals surface area contributed by atoms with Gasteiger partial charge in [-0.15, -0.1) is 12.4 Å². The molecular weight excluding hydrogens is 362 g/mol. The lowest BCUT2D eigenvalue weighted by Gasteiger charge is -2.35. The lowest BCUT2D eigenvalue weighted by molar-refractivity contribution is -0.133. The first kappa shape index (κ1) is 23.9. The highest BCUT2D eigenvalue weighted by Crippen LogP contribution is 2.22. The van der Waals surface area contributed by atoms with Crippen LogP contribution in [0, 0.1) is 11.8 Å². The Morgan fingerprint density at radius 3 is 2.44 bits per heavy atom. The Labute approximate surface area is 170 Å². The SMILES string of the molecule is CCC(C)C(N)C(=O)N(C)CC1CCN(CC(O)c2ccccc2)CC1.Cl. The van der Waals surface area contributed by atoms with E-state index < -0.39 is 12.1 Å². The lowest BCUT2D eigenvalue weighted by atomic mass is 9.94. The van der Waals surface area contributed by atoms with Crippen molar-refractivity contribution in [2.24, 2.45) is 17.6 Å². The molecule has 1 heterocycles. The van der Waals surface area contributed by atoms with Crippen molar-refractivity contribution in [2.45, 2.75) is 45.3 Å². The first-order valence-corrected chi connectivity index (χ1v) is 9.88. The van der Waals surface area contributed by atoms with Gasteiger partial charge in [0.15, 0.2) is 0 Å². The number of amides is 1. The third-order valence-electron chi connectivity index (χ3n) is 5.77. The van der Waals surface area contributed by atoms with E-state index in [-0.39, 0.29) is 24.2 Å². The van der Waals surface area contributed by atoms with Gasteiger partial charge >= 0.3 is 0 Å². The van der Waals surface area contributed by atoms with E-state index in [0.717, 1.165) is 44.5 Å². The molecule has 0 saturated carbocycles. The van der Waals surface area contributed by atoms with Gasteiger partial charge in [0.05, 0.1) is 12.1 Å². The van der Waals surface area contributed by atoms with E-state index in [1.165, 1.54) is 0 Å². The summed E-state index contributed by atoms with van der Waals surface area (Å²) in [6.07, 6.45) is 2.59. The maximum absolute atomic E-state index is 12.4. The van der Waals surface area contributed by atoms with Crippen molar-refractivity contribution in [3.63, 3.8) is 0 Å². The predicted molar refractivity (Wildman–Crippen MR) is 113 cm³/mol. The summed E-state index contributed by atoms with van der Waals surface area (Å²) < 4.78 is 0. The number of carbonyl (C=O) groups is 1. The topological polar surface area (TPSA) is 69.8 Å². The molecular formula is C21H36ClN3O2. The fraction of sp³-hybridized carbons (Fsp3) is 0.667. The zero-order chi connectivity index (χ0) is 19.1. The number of rotatable bonds is 8. The van der Waals surface area contributed by atoms with Crippen LogP contribution >= 0.6 is 12.4 Å². The van der Waals surface area contributed by atoms with Crippen molar-refractivity contribution < 1.29 is 9.90 Å². The van der Waals surface area contributed by atoms with Gasteiger partial charge in [0.25, 0.3) is 0 Å². The Kier molecular flexibility index (Phi) is 10.3. The monoisotopic (exact) mass is 397 g/mol. The standard InChI is InChI=1S/C21H35N3O2.ClH/c1-4-16(2)20(22)21(26)23(3)14-17-10-12-24(13-11-17)15-19(25)18-8-6-5-7-9-18;/h5-9,16-17,19-20,25H,4,10-15,22H2,1-3H3;1H. The minimum absolute atomic E-state index is 0. The Morgan fingerprint density at radius 1 is 1.30 bits per heavy atom. The summed E-state index contributed by atoms with van der Waals surface area (Å²) in [5.74, 6) is 0.783. The summed E-state index contributed by atoms with van der Waals surface area (Å²) in [6, 6.07) is 9.43. The van der Waals surface area contributed by atoms with Crippen LogP contribution in [0.15, 0.2) is 30.3 Å². The van der Waals surface area contributed by atoms with Crippen LogP contribution in [0.5, 0.6) is 0 Å². The van der Waals surface area contributed by atoms with Gasteiger partial charge in [-0.2, -0.15) is 0 Å². The summed E-state index contributed by atoms with van der Waals surface area (Å²) in [6.45, 7) is 7.48. The Bertz CT molecular complexity index is 550. The maximum Gasteiger partial charge on any atom is 0.239 e. The second-order valence-corrected chi connectivity index (χ2v) is 7.80. The molecule has 3 unspecified atom stereocenters. The van der Waals surface area contributed by atoms with Gasteiger partial charge in [-0.25, -0.2) is 0 Å². The first-order chi connectivity index (χ1) is 12.4. The molecule has 1 aromatic rings. The second-order valence-electron chi connectivity index (χ2n) is 7.80. The summed E-state index contributed by atoms with van der Waals surface area (Å²) in [5, 5.41) is 10.4. The van der Waals surface area contributed by atoms with Gasteiger partial charge in [0, 0.05) is 20.1 Å².